The fourth-order valence-electron chi connectivity index (χ4n) is 3.61. The first-order valence-electron chi connectivity index (χ1n) is 10.7. The Balaban J connectivity index is 1.55. The van der Waals surface area contributed by atoms with Gasteiger partial charge in [0.15, 0.2) is 5.12 Å². The van der Waals surface area contributed by atoms with Crippen LogP contribution in [0.3, 0.4) is 0 Å². The first-order chi connectivity index (χ1) is 17.2. The van der Waals surface area contributed by atoms with E-state index in [0.29, 0.717) is 16.1 Å². The summed E-state index contributed by atoms with van der Waals surface area (Å²) in [7, 11) is 0. The summed E-state index contributed by atoms with van der Waals surface area (Å²) < 4.78 is 10.2. The molecule has 13 heteroatoms. The monoisotopic (exact) mass is 533 g/mol. The van der Waals surface area contributed by atoms with E-state index in [1.807, 2.05) is 0 Å². The lowest BCUT2D eigenvalue weighted by Gasteiger charge is -2.18. The highest BCUT2D eigenvalue weighted by Gasteiger charge is 2.41. The van der Waals surface area contributed by atoms with Crippen molar-refractivity contribution in [3.05, 3.63) is 69.6 Å². The van der Waals surface area contributed by atoms with Crippen molar-refractivity contribution in [3.8, 4) is 0 Å². The number of ether oxygens (including phenoxy) is 2. The van der Waals surface area contributed by atoms with Crippen molar-refractivity contribution in [3.63, 3.8) is 0 Å². The molecule has 1 saturated heterocycles. The van der Waals surface area contributed by atoms with Gasteiger partial charge in [0, 0.05) is 24.1 Å². The molecule has 0 bridgehead atoms. The Hall–Kier alpha value is -3.55. The third-order valence-electron chi connectivity index (χ3n) is 5.41. The third-order valence-corrected chi connectivity index (χ3v) is 6.54. The van der Waals surface area contributed by atoms with Crippen LogP contribution in [-0.4, -0.2) is 47.1 Å². The predicted octanol–water partition coefficient (Wildman–Crippen LogP) is 2.73. The van der Waals surface area contributed by atoms with Crippen LogP contribution in [0.1, 0.15) is 22.3 Å². The van der Waals surface area contributed by atoms with Crippen LogP contribution in [0.15, 0.2) is 48.4 Å². The summed E-state index contributed by atoms with van der Waals surface area (Å²) in [6.45, 7) is 3.59. The van der Waals surface area contributed by atoms with Crippen LogP contribution in [0.25, 0.3) is 0 Å². The first kappa shape index (κ1) is 27.0. The molecule has 0 radical (unpaired) electrons. The summed E-state index contributed by atoms with van der Waals surface area (Å²) in [5, 5.41) is 17.8. The number of nitro benzene ring substituents is 1. The van der Waals surface area contributed by atoms with E-state index >= 15 is 0 Å². The number of nitrogens with one attached hydrogen (secondary N) is 2. The lowest BCUT2D eigenvalue weighted by molar-refractivity contribution is -0.384. The SMILES string of the molecule is C=CCOC(=O)c1csc(NC(=O)[C@@H]2C[C@@H](C(C(=O)S)C(=O)OCc3ccc([N+](=O)[O-])cc3)CN2)c1. The normalized spacial score (nSPS) is 17.6. The van der Waals surface area contributed by atoms with Crippen molar-refractivity contribution >= 4 is 57.6 Å². The summed E-state index contributed by atoms with van der Waals surface area (Å²) in [6, 6.07) is 6.30. The number of carbonyl (C=O) groups excluding carboxylic acids is 4. The number of thiophene rings is 1. The number of hydrogen-bond acceptors (Lipinski definition) is 10. The highest BCUT2D eigenvalue weighted by molar-refractivity contribution is 7.96. The number of esters is 2. The first-order valence-corrected chi connectivity index (χ1v) is 12.1. The van der Waals surface area contributed by atoms with E-state index in [1.54, 1.807) is 5.38 Å². The largest absolute Gasteiger partial charge is 0.460 e. The maximum Gasteiger partial charge on any atom is 0.339 e. The average Bonchev–Trinajstić information content (AvgIpc) is 3.51. The molecule has 11 nitrogen and oxygen atoms in total. The van der Waals surface area contributed by atoms with Crippen LogP contribution in [0, 0.1) is 22.0 Å². The number of carbonyl (C=O) groups is 4. The molecule has 190 valence electrons. The number of thiol groups is 1. The lowest BCUT2D eigenvalue weighted by atomic mass is 9.90. The van der Waals surface area contributed by atoms with Crippen LogP contribution in [0.4, 0.5) is 10.7 Å². The molecule has 1 amide bonds. The number of hydrogen-bond donors (Lipinski definition) is 3. The molecule has 36 heavy (non-hydrogen) atoms. The summed E-state index contributed by atoms with van der Waals surface area (Å²) in [4.78, 5) is 59.6. The molecule has 1 aromatic heterocycles. The average molecular weight is 534 g/mol. The molecule has 0 aliphatic carbocycles. The second-order valence-electron chi connectivity index (χ2n) is 7.88. The number of non-ortho nitro benzene ring substituents is 1. The van der Waals surface area contributed by atoms with Gasteiger partial charge in [0.1, 0.15) is 19.1 Å². The third kappa shape index (κ3) is 6.99. The van der Waals surface area contributed by atoms with E-state index in [-0.39, 0.29) is 37.8 Å². The molecule has 1 unspecified atom stereocenters. The molecule has 1 aromatic carbocycles. The summed E-state index contributed by atoms with van der Waals surface area (Å²) in [5.74, 6) is -3.42. The Morgan fingerprint density at radius 2 is 2.00 bits per heavy atom. The number of benzene rings is 1. The number of anilines is 1. The van der Waals surface area contributed by atoms with Crippen molar-refractivity contribution in [2.24, 2.45) is 11.8 Å². The minimum atomic E-state index is -1.19. The minimum Gasteiger partial charge on any atom is -0.460 e. The molecule has 0 spiro atoms. The Morgan fingerprint density at radius 1 is 1.28 bits per heavy atom. The second-order valence-corrected chi connectivity index (χ2v) is 9.23. The topological polar surface area (TPSA) is 154 Å². The number of nitrogens with zero attached hydrogens (tertiary/aromatic N) is 1. The highest BCUT2D eigenvalue weighted by atomic mass is 32.1. The van der Waals surface area contributed by atoms with Gasteiger partial charge in [-0.3, -0.25) is 24.5 Å². The molecule has 2 aromatic rings. The van der Waals surface area contributed by atoms with Crippen molar-refractivity contribution in [2.45, 2.75) is 19.1 Å². The van der Waals surface area contributed by atoms with E-state index in [4.69, 9.17) is 9.47 Å². The van der Waals surface area contributed by atoms with Crippen LogP contribution in [0.2, 0.25) is 0 Å². The van der Waals surface area contributed by atoms with Gasteiger partial charge >= 0.3 is 11.9 Å². The Bertz CT molecular complexity index is 1160. The van der Waals surface area contributed by atoms with E-state index < -0.39 is 39.9 Å². The molecular formula is C23H23N3O8S2. The molecular weight excluding hydrogens is 510 g/mol. The fraction of sp³-hybridized carbons (Fsp3) is 0.304. The molecule has 3 atom stereocenters. The van der Waals surface area contributed by atoms with Gasteiger partial charge in [0.05, 0.1) is 21.5 Å². The van der Waals surface area contributed by atoms with Gasteiger partial charge in [-0.05, 0) is 36.1 Å². The maximum atomic E-state index is 12.7. The summed E-state index contributed by atoms with van der Waals surface area (Å²) in [6.07, 6.45) is 1.64. The standard InChI is InChI=1S/C23H23N3O8S2/c1-2-7-33-21(28)15-9-18(36-12-15)25-20(27)17-8-14(10-24-17)19(23(30)35)22(29)34-11-13-3-5-16(6-4-13)26(31)32/h2-6,9,12,14,17,19,24H,1,7-8,10-11H2,(H,25,27)(H,30,35)/t14-,17+,19?/m1/s1. The molecule has 1 fully saturated rings. The highest BCUT2D eigenvalue weighted by Crippen LogP contribution is 2.28. The molecule has 0 saturated carbocycles. The van der Waals surface area contributed by atoms with Gasteiger partial charge in [-0.1, -0.05) is 12.7 Å². The van der Waals surface area contributed by atoms with E-state index in [9.17, 15) is 29.3 Å². The van der Waals surface area contributed by atoms with Crippen molar-refractivity contribution in [1.29, 1.82) is 0 Å². The number of nitro groups is 1. The van der Waals surface area contributed by atoms with Crippen LogP contribution in [-0.2, 0) is 30.5 Å². The van der Waals surface area contributed by atoms with Crippen LogP contribution < -0.4 is 10.6 Å². The minimum absolute atomic E-state index is 0.0745. The van der Waals surface area contributed by atoms with E-state index in [2.05, 4.69) is 29.8 Å². The molecule has 1 aliphatic rings. The molecule has 1 aliphatic heterocycles. The lowest BCUT2D eigenvalue weighted by Crippen LogP contribution is -2.35. The zero-order valence-electron chi connectivity index (χ0n) is 18.9. The number of rotatable bonds is 11. The Labute approximate surface area is 215 Å². The molecule has 2 N–H and O–H groups in total. The van der Waals surface area contributed by atoms with Gasteiger partial charge in [0.25, 0.3) is 5.69 Å². The maximum absolute atomic E-state index is 12.7. The van der Waals surface area contributed by atoms with Crippen molar-refractivity contribution in [2.75, 3.05) is 18.5 Å². The summed E-state index contributed by atoms with van der Waals surface area (Å²) >= 11 is 5.00. The van der Waals surface area contributed by atoms with Crippen molar-refractivity contribution < 1.29 is 33.6 Å². The van der Waals surface area contributed by atoms with Gasteiger partial charge in [0.2, 0.25) is 5.91 Å². The van der Waals surface area contributed by atoms with Gasteiger partial charge in [-0.2, -0.15) is 0 Å². The quantitative estimate of drug-likeness (QED) is 0.0988. The zero-order valence-corrected chi connectivity index (χ0v) is 20.6. The van der Waals surface area contributed by atoms with Crippen LogP contribution in [0.5, 0.6) is 0 Å². The second kappa shape index (κ2) is 12.4. The Morgan fingerprint density at radius 3 is 2.64 bits per heavy atom. The van der Waals surface area contributed by atoms with Gasteiger partial charge in [-0.25, -0.2) is 4.79 Å². The smallest absolute Gasteiger partial charge is 0.339 e. The molecule has 3 rings (SSSR count). The van der Waals surface area contributed by atoms with Crippen LogP contribution >= 0.6 is 24.0 Å². The molecule has 2 heterocycles. The number of amides is 1. The zero-order chi connectivity index (χ0) is 26.2. The van der Waals surface area contributed by atoms with E-state index in [0.717, 1.165) is 11.3 Å². The predicted molar refractivity (Wildman–Crippen MR) is 134 cm³/mol. The van der Waals surface area contributed by atoms with Crippen molar-refractivity contribution in [1.82, 2.24) is 5.32 Å². The van der Waals surface area contributed by atoms with Gasteiger partial charge in [-0.15, -0.1) is 24.0 Å². The fourth-order valence-corrected chi connectivity index (χ4v) is 4.69. The summed E-state index contributed by atoms with van der Waals surface area (Å²) in [5.41, 5.74) is 0.719. The van der Waals surface area contributed by atoms with E-state index in [1.165, 1.54) is 36.4 Å². The Kier molecular flexibility index (Phi) is 9.33. The van der Waals surface area contributed by atoms with Gasteiger partial charge < -0.3 is 20.1 Å².